The van der Waals surface area contributed by atoms with Crippen LogP contribution < -0.4 is 15.4 Å². The van der Waals surface area contributed by atoms with Crippen molar-refractivity contribution in [1.82, 2.24) is 25.5 Å². The van der Waals surface area contributed by atoms with Crippen molar-refractivity contribution >= 4 is 29.2 Å². The Morgan fingerprint density at radius 3 is 2.92 bits per heavy atom. The molecule has 0 saturated heterocycles. The van der Waals surface area contributed by atoms with Crippen LogP contribution in [0.1, 0.15) is 37.6 Å². The van der Waals surface area contributed by atoms with E-state index in [1.807, 2.05) is 20.8 Å². The maximum atomic E-state index is 12.3. The van der Waals surface area contributed by atoms with Gasteiger partial charge < -0.3 is 4.74 Å². The van der Waals surface area contributed by atoms with E-state index in [1.54, 1.807) is 28.9 Å². The molecule has 0 unspecified atom stereocenters. The second kappa shape index (κ2) is 8.34. The molecule has 0 aliphatic carbocycles. The molecular formula is C15H20N6O2S. The molecule has 1 aromatic heterocycles. The molecule has 0 saturated carbocycles. The van der Waals surface area contributed by atoms with Crippen LogP contribution in [0.5, 0.6) is 5.75 Å². The molecule has 1 aromatic carbocycles. The molecule has 0 bridgehead atoms. The summed E-state index contributed by atoms with van der Waals surface area (Å²) < 4.78 is 7.16. The first kappa shape index (κ1) is 17.8. The summed E-state index contributed by atoms with van der Waals surface area (Å²) >= 11 is 5.14. The molecule has 1 heterocycles. The molecule has 0 radical (unpaired) electrons. The number of amides is 1. The number of benzene rings is 1. The van der Waals surface area contributed by atoms with Gasteiger partial charge in [-0.25, -0.2) is 4.68 Å². The monoisotopic (exact) mass is 348 g/mol. The summed E-state index contributed by atoms with van der Waals surface area (Å²) in [7, 11) is 0. The largest absolute Gasteiger partial charge is 0.491 e. The van der Waals surface area contributed by atoms with Gasteiger partial charge in [0.1, 0.15) is 5.75 Å². The Kier molecular flexibility index (Phi) is 6.19. The Hall–Kier alpha value is -2.55. The number of hydrogen-bond donors (Lipinski definition) is 2. The van der Waals surface area contributed by atoms with E-state index in [0.29, 0.717) is 23.8 Å². The quantitative estimate of drug-likeness (QED) is 0.771. The molecule has 2 rings (SSSR count). The van der Waals surface area contributed by atoms with Gasteiger partial charge in [0, 0.05) is 12.1 Å². The van der Waals surface area contributed by atoms with Crippen molar-refractivity contribution in [2.75, 3.05) is 5.32 Å². The maximum Gasteiger partial charge on any atom is 0.257 e. The fourth-order valence-electron chi connectivity index (χ4n) is 1.95. The van der Waals surface area contributed by atoms with Crippen molar-refractivity contribution in [1.29, 1.82) is 0 Å². The number of thiocarbonyl (C=S) groups is 1. The SMILES string of the molecule is CCCn1nnnc1NC(=S)NC(=O)c1cccc(OC(C)C)c1. The minimum absolute atomic E-state index is 0.0310. The van der Waals surface area contributed by atoms with Gasteiger partial charge in [0.2, 0.25) is 5.95 Å². The lowest BCUT2D eigenvalue weighted by molar-refractivity contribution is 0.0977. The number of nitrogens with zero attached hydrogens (tertiary/aromatic N) is 4. The van der Waals surface area contributed by atoms with Crippen LogP contribution in [0.3, 0.4) is 0 Å². The number of rotatable bonds is 6. The van der Waals surface area contributed by atoms with E-state index >= 15 is 0 Å². The Labute approximate surface area is 145 Å². The van der Waals surface area contributed by atoms with Gasteiger partial charge >= 0.3 is 0 Å². The number of aromatic nitrogens is 4. The van der Waals surface area contributed by atoms with Crippen LogP contribution in [0.4, 0.5) is 5.95 Å². The lowest BCUT2D eigenvalue weighted by atomic mass is 10.2. The highest BCUT2D eigenvalue weighted by atomic mass is 32.1. The van der Waals surface area contributed by atoms with Gasteiger partial charge in [-0.1, -0.05) is 18.1 Å². The van der Waals surface area contributed by atoms with Crippen LogP contribution in [0, 0.1) is 0 Å². The van der Waals surface area contributed by atoms with Crippen LogP contribution >= 0.6 is 12.2 Å². The van der Waals surface area contributed by atoms with E-state index in [1.165, 1.54) is 0 Å². The zero-order valence-corrected chi connectivity index (χ0v) is 14.6. The Morgan fingerprint density at radius 2 is 2.21 bits per heavy atom. The number of tetrazole rings is 1. The minimum atomic E-state index is -0.337. The molecule has 128 valence electrons. The standard InChI is InChI=1S/C15H20N6O2S/c1-4-8-21-14(18-19-20-21)17-15(24)16-13(22)11-6-5-7-12(9-11)23-10(2)3/h5-7,9-10H,4,8H2,1-3H3,(H2,16,17,18,20,22,24). The lowest BCUT2D eigenvalue weighted by Gasteiger charge is -2.12. The average Bonchev–Trinajstić information content (AvgIpc) is 2.94. The van der Waals surface area contributed by atoms with E-state index in [4.69, 9.17) is 17.0 Å². The molecule has 0 atom stereocenters. The first-order valence-corrected chi connectivity index (χ1v) is 8.05. The Morgan fingerprint density at radius 1 is 1.42 bits per heavy atom. The number of aryl methyl sites for hydroxylation is 1. The topological polar surface area (TPSA) is 94.0 Å². The molecule has 1 amide bonds. The lowest BCUT2D eigenvalue weighted by Crippen LogP contribution is -2.35. The summed E-state index contributed by atoms with van der Waals surface area (Å²) in [6.45, 7) is 6.51. The fourth-order valence-corrected chi connectivity index (χ4v) is 2.13. The number of carbonyl (C=O) groups is 1. The van der Waals surface area contributed by atoms with Gasteiger partial charge in [0.15, 0.2) is 5.11 Å². The van der Waals surface area contributed by atoms with Crippen LogP contribution in [0.15, 0.2) is 24.3 Å². The van der Waals surface area contributed by atoms with Gasteiger partial charge in [-0.3, -0.25) is 15.4 Å². The van der Waals surface area contributed by atoms with Gasteiger partial charge in [0.05, 0.1) is 6.10 Å². The molecule has 2 aromatic rings. The second-order valence-corrected chi connectivity index (χ2v) is 5.74. The van der Waals surface area contributed by atoms with E-state index in [0.717, 1.165) is 6.42 Å². The summed E-state index contributed by atoms with van der Waals surface area (Å²) in [6, 6.07) is 6.91. The van der Waals surface area contributed by atoms with Gasteiger partial charge in [-0.15, -0.1) is 0 Å². The zero-order chi connectivity index (χ0) is 17.5. The normalized spacial score (nSPS) is 10.5. The van der Waals surface area contributed by atoms with Gasteiger partial charge in [-0.2, -0.15) is 0 Å². The van der Waals surface area contributed by atoms with Crippen molar-refractivity contribution in [2.45, 2.75) is 39.8 Å². The van der Waals surface area contributed by atoms with Gasteiger partial charge in [-0.05, 0) is 61.1 Å². The van der Waals surface area contributed by atoms with Crippen LogP contribution in [-0.2, 0) is 6.54 Å². The predicted molar refractivity (Wildman–Crippen MR) is 94.0 cm³/mol. The highest BCUT2D eigenvalue weighted by Gasteiger charge is 2.12. The maximum absolute atomic E-state index is 12.3. The second-order valence-electron chi connectivity index (χ2n) is 5.33. The smallest absolute Gasteiger partial charge is 0.257 e. The number of carbonyl (C=O) groups excluding carboxylic acids is 1. The highest BCUT2D eigenvalue weighted by Crippen LogP contribution is 2.15. The molecule has 0 fully saturated rings. The number of nitrogens with one attached hydrogen (secondary N) is 2. The zero-order valence-electron chi connectivity index (χ0n) is 13.8. The molecule has 2 N–H and O–H groups in total. The highest BCUT2D eigenvalue weighted by molar-refractivity contribution is 7.80. The van der Waals surface area contributed by atoms with E-state index < -0.39 is 0 Å². The molecule has 0 aliphatic rings. The number of ether oxygens (including phenoxy) is 1. The Bertz CT molecular complexity index is 715. The summed E-state index contributed by atoms with van der Waals surface area (Å²) in [4.78, 5) is 12.3. The summed E-state index contributed by atoms with van der Waals surface area (Å²) in [5.74, 6) is 0.679. The summed E-state index contributed by atoms with van der Waals surface area (Å²) in [6.07, 6.45) is 0.907. The number of anilines is 1. The Balaban J connectivity index is 1.98. The van der Waals surface area contributed by atoms with Crippen molar-refractivity contribution in [3.05, 3.63) is 29.8 Å². The summed E-state index contributed by atoms with van der Waals surface area (Å²) in [5.41, 5.74) is 0.449. The summed E-state index contributed by atoms with van der Waals surface area (Å²) in [5, 5.41) is 16.8. The first-order chi connectivity index (χ1) is 11.5. The number of hydrogen-bond acceptors (Lipinski definition) is 6. The van der Waals surface area contributed by atoms with E-state index in [-0.39, 0.29) is 17.1 Å². The molecule has 9 heteroatoms. The van der Waals surface area contributed by atoms with Crippen molar-refractivity contribution < 1.29 is 9.53 Å². The predicted octanol–water partition coefficient (Wildman–Crippen LogP) is 2.00. The third-order valence-corrected chi connectivity index (χ3v) is 3.09. The van der Waals surface area contributed by atoms with Crippen LogP contribution in [-0.4, -0.2) is 37.3 Å². The third-order valence-electron chi connectivity index (χ3n) is 2.89. The first-order valence-electron chi connectivity index (χ1n) is 7.64. The van der Waals surface area contributed by atoms with Gasteiger partial charge in [0.25, 0.3) is 5.91 Å². The third kappa shape index (κ3) is 4.98. The molecule has 0 spiro atoms. The van der Waals surface area contributed by atoms with E-state index in [9.17, 15) is 4.79 Å². The minimum Gasteiger partial charge on any atom is -0.491 e. The molecular weight excluding hydrogens is 328 g/mol. The van der Waals surface area contributed by atoms with Crippen LogP contribution in [0.2, 0.25) is 0 Å². The van der Waals surface area contributed by atoms with E-state index in [2.05, 4.69) is 26.2 Å². The van der Waals surface area contributed by atoms with Crippen LogP contribution in [0.25, 0.3) is 0 Å². The fraction of sp³-hybridized carbons (Fsp3) is 0.400. The van der Waals surface area contributed by atoms with Crippen molar-refractivity contribution in [2.24, 2.45) is 0 Å². The average molecular weight is 348 g/mol. The van der Waals surface area contributed by atoms with Crippen molar-refractivity contribution in [3.63, 3.8) is 0 Å². The van der Waals surface area contributed by atoms with Crippen molar-refractivity contribution in [3.8, 4) is 5.75 Å². The molecule has 8 nitrogen and oxygen atoms in total. The molecule has 24 heavy (non-hydrogen) atoms. The molecule has 0 aliphatic heterocycles.